The van der Waals surface area contributed by atoms with Gasteiger partial charge in [-0.05, 0) is 41.5 Å². The molecule has 0 aliphatic heterocycles. The molecule has 0 aliphatic rings. The molecule has 1 unspecified atom stereocenters. The fourth-order valence-corrected chi connectivity index (χ4v) is 2.13. The van der Waals surface area contributed by atoms with Crippen LogP contribution >= 0.6 is 0 Å². The Morgan fingerprint density at radius 1 is 1.24 bits per heavy atom. The maximum atomic E-state index is 11.5. The Balaban J connectivity index is 1.93. The maximum absolute atomic E-state index is 11.5. The SMILES string of the molecule is Cc1ccc(CC(C(=O)O)c2ccc3nnnn3n2)cc1. The molecule has 2 heterocycles. The smallest absolute Gasteiger partial charge is 0.313 e. The van der Waals surface area contributed by atoms with Crippen molar-refractivity contribution in [1.82, 2.24) is 25.3 Å². The zero-order valence-electron chi connectivity index (χ0n) is 11.3. The molecular formula is C14H13N5O2. The second-order valence-corrected chi connectivity index (χ2v) is 4.87. The van der Waals surface area contributed by atoms with Gasteiger partial charge in [0.1, 0.15) is 5.92 Å². The molecule has 1 N–H and O–H groups in total. The number of aryl methyl sites for hydroxylation is 1. The maximum Gasteiger partial charge on any atom is 0.313 e. The third-order valence-corrected chi connectivity index (χ3v) is 3.31. The number of rotatable bonds is 4. The molecule has 1 atom stereocenters. The lowest BCUT2D eigenvalue weighted by molar-refractivity contribution is -0.138. The van der Waals surface area contributed by atoms with Crippen LogP contribution in [-0.2, 0) is 11.2 Å². The number of tetrazole rings is 1. The minimum absolute atomic E-state index is 0.371. The molecule has 0 amide bonds. The number of benzene rings is 1. The molecule has 0 aliphatic carbocycles. The van der Waals surface area contributed by atoms with Crippen LogP contribution in [0.4, 0.5) is 0 Å². The van der Waals surface area contributed by atoms with Crippen molar-refractivity contribution in [3.63, 3.8) is 0 Å². The average molecular weight is 283 g/mol. The highest BCUT2D eigenvalue weighted by atomic mass is 16.4. The third kappa shape index (κ3) is 2.71. The first-order valence-corrected chi connectivity index (χ1v) is 6.47. The minimum Gasteiger partial charge on any atom is -0.481 e. The van der Waals surface area contributed by atoms with Crippen LogP contribution in [0, 0.1) is 6.92 Å². The van der Waals surface area contributed by atoms with Crippen molar-refractivity contribution in [1.29, 1.82) is 0 Å². The third-order valence-electron chi connectivity index (χ3n) is 3.31. The molecule has 0 bridgehead atoms. The van der Waals surface area contributed by atoms with Crippen molar-refractivity contribution in [3.8, 4) is 0 Å². The fraction of sp³-hybridized carbons (Fsp3) is 0.214. The molecule has 7 heteroatoms. The summed E-state index contributed by atoms with van der Waals surface area (Å²) >= 11 is 0. The van der Waals surface area contributed by atoms with E-state index >= 15 is 0 Å². The highest BCUT2D eigenvalue weighted by Gasteiger charge is 2.22. The summed E-state index contributed by atoms with van der Waals surface area (Å²) in [7, 11) is 0. The number of nitrogens with zero attached hydrogens (tertiary/aromatic N) is 5. The molecular weight excluding hydrogens is 270 g/mol. The van der Waals surface area contributed by atoms with E-state index in [1.165, 1.54) is 4.63 Å². The largest absolute Gasteiger partial charge is 0.481 e. The van der Waals surface area contributed by atoms with Crippen LogP contribution < -0.4 is 0 Å². The van der Waals surface area contributed by atoms with Crippen LogP contribution in [0.2, 0.25) is 0 Å². The first-order valence-electron chi connectivity index (χ1n) is 6.47. The Kier molecular flexibility index (Phi) is 3.31. The molecule has 106 valence electrons. The minimum atomic E-state index is -0.921. The highest BCUT2D eigenvalue weighted by molar-refractivity contribution is 5.75. The Labute approximate surface area is 120 Å². The van der Waals surface area contributed by atoms with Gasteiger partial charge in [0.05, 0.1) is 5.69 Å². The Morgan fingerprint density at radius 2 is 2.00 bits per heavy atom. The van der Waals surface area contributed by atoms with E-state index in [4.69, 9.17) is 0 Å². The standard InChI is InChI=1S/C14H13N5O2/c1-9-2-4-10(5-3-9)8-11(14(20)21)12-6-7-13-15-17-18-19(13)16-12/h2-7,11H,8H2,1H3,(H,20,21). The van der Waals surface area contributed by atoms with Crippen LogP contribution in [0.15, 0.2) is 36.4 Å². The molecule has 3 rings (SSSR count). The molecule has 2 aromatic heterocycles. The second kappa shape index (κ2) is 5.28. The van der Waals surface area contributed by atoms with Crippen molar-refractivity contribution in [2.75, 3.05) is 0 Å². The first kappa shape index (κ1) is 13.2. The highest BCUT2D eigenvalue weighted by Crippen LogP contribution is 2.20. The number of aromatic nitrogens is 5. The number of carbonyl (C=O) groups is 1. The van der Waals surface area contributed by atoms with Gasteiger partial charge in [0.2, 0.25) is 0 Å². The van der Waals surface area contributed by atoms with Gasteiger partial charge in [-0.25, -0.2) is 0 Å². The normalized spacial score (nSPS) is 12.4. The van der Waals surface area contributed by atoms with E-state index in [2.05, 4.69) is 20.6 Å². The summed E-state index contributed by atoms with van der Waals surface area (Å²) in [5, 5.41) is 24.6. The molecule has 0 saturated carbocycles. The van der Waals surface area contributed by atoms with Crippen molar-refractivity contribution >= 4 is 11.6 Å². The lowest BCUT2D eigenvalue weighted by Crippen LogP contribution is -2.17. The number of hydrogen-bond acceptors (Lipinski definition) is 5. The molecule has 0 radical (unpaired) electrons. The van der Waals surface area contributed by atoms with Crippen molar-refractivity contribution in [2.24, 2.45) is 0 Å². The Morgan fingerprint density at radius 3 is 2.71 bits per heavy atom. The lowest BCUT2D eigenvalue weighted by Gasteiger charge is -2.11. The van der Waals surface area contributed by atoms with Crippen LogP contribution in [0.5, 0.6) is 0 Å². The molecule has 21 heavy (non-hydrogen) atoms. The van der Waals surface area contributed by atoms with Crippen LogP contribution in [0.3, 0.4) is 0 Å². The Hall–Kier alpha value is -2.83. The zero-order chi connectivity index (χ0) is 14.8. The monoisotopic (exact) mass is 283 g/mol. The molecule has 0 saturated heterocycles. The Bertz CT molecular complexity index is 781. The number of carboxylic acid groups (broad SMARTS) is 1. The van der Waals surface area contributed by atoms with E-state index in [-0.39, 0.29) is 0 Å². The van der Waals surface area contributed by atoms with Gasteiger partial charge in [-0.1, -0.05) is 29.8 Å². The molecule has 1 aromatic carbocycles. The second-order valence-electron chi connectivity index (χ2n) is 4.87. The predicted molar refractivity (Wildman–Crippen MR) is 73.8 cm³/mol. The van der Waals surface area contributed by atoms with Gasteiger partial charge < -0.3 is 5.11 Å². The topological polar surface area (TPSA) is 93.3 Å². The van der Waals surface area contributed by atoms with Crippen molar-refractivity contribution < 1.29 is 9.90 Å². The predicted octanol–water partition coefficient (Wildman–Crippen LogP) is 1.24. The number of carboxylic acids is 1. The van der Waals surface area contributed by atoms with E-state index in [1.54, 1.807) is 12.1 Å². The summed E-state index contributed by atoms with van der Waals surface area (Å²) in [5.41, 5.74) is 3.01. The van der Waals surface area contributed by atoms with Gasteiger partial charge in [-0.2, -0.15) is 5.10 Å². The average Bonchev–Trinajstić information content (AvgIpc) is 2.93. The van der Waals surface area contributed by atoms with E-state index in [1.807, 2.05) is 31.2 Å². The van der Waals surface area contributed by atoms with E-state index in [0.717, 1.165) is 11.1 Å². The number of hydrogen-bond donors (Lipinski definition) is 1. The van der Waals surface area contributed by atoms with Crippen molar-refractivity contribution in [3.05, 3.63) is 53.2 Å². The van der Waals surface area contributed by atoms with Gasteiger partial charge in [0, 0.05) is 0 Å². The summed E-state index contributed by atoms with van der Waals surface area (Å²) in [5.74, 6) is -1.66. The summed E-state index contributed by atoms with van der Waals surface area (Å²) in [6.07, 6.45) is 0.371. The zero-order valence-corrected chi connectivity index (χ0v) is 11.3. The summed E-state index contributed by atoms with van der Waals surface area (Å²) in [6.45, 7) is 1.99. The summed E-state index contributed by atoms with van der Waals surface area (Å²) < 4.78 is 1.24. The molecule has 7 nitrogen and oxygen atoms in total. The van der Waals surface area contributed by atoms with Gasteiger partial charge in [-0.15, -0.1) is 9.73 Å². The van der Waals surface area contributed by atoms with Gasteiger partial charge >= 0.3 is 5.97 Å². The van der Waals surface area contributed by atoms with Crippen LogP contribution in [0.25, 0.3) is 5.65 Å². The first-order chi connectivity index (χ1) is 10.1. The van der Waals surface area contributed by atoms with Crippen LogP contribution in [0.1, 0.15) is 22.7 Å². The fourth-order valence-electron chi connectivity index (χ4n) is 2.13. The molecule has 0 fully saturated rings. The van der Waals surface area contributed by atoms with Crippen molar-refractivity contribution in [2.45, 2.75) is 19.3 Å². The number of fused-ring (bicyclic) bond motifs is 1. The number of aliphatic carboxylic acids is 1. The van der Waals surface area contributed by atoms with Crippen LogP contribution in [-0.4, -0.2) is 36.3 Å². The lowest BCUT2D eigenvalue weighted by atomic mass is 9.95. The quantitative estimate of drug-likeness (QED) is 0.774. The van der Waals surface area contributed by atoms with E-state index in [9.17, 15) is 9.90 Å². The summed E-state index contributed by atoms with van der Waals surface area (Å²) in [4.78, 5) is 11.5. The van der Waals surface area contributed by atoms with E-state index < -0.39 is 11.9 Å². The van der Waals surface area contributed by atoms with E-state index in [0.29, 0.717) is 17.8 Å². The van der Waals surface area contributed by atoms with Gasteiger partial charge in [-0.3, -0.25) is 4.79 Å². The van der Waals surface area contributed by atoms with Gasteiger partial charge in [0.25, 0.3) is 0 Å². The van der Waals surface area contributed by atoms with Gasteiger partial charge in [0.15, 0.2) is 5.65 Å². The summed E-state index contributed by atoms with van der Waals surface area (Å²) in [6, 6.07) is 11.1. The molecule has 0 spiro atoms. The molecule has 3 aromatic rings.